The molecule has 3 N–H and O–H groups in total. The molecule has 0 spiro atoms. The molecule has 5 nitrogen and oxygen atoms in total. The van der Waals surface area contributed by atoms with Crippen molar-refractivity contribution in [1.29, 1.82) is 0 Å². The normalized spacial score (nSPS) is 11.1. The first kappa shape index (κ1) is 19.1. The van der Waals surface area contributed by atoms with Gasteiger partial charge in [0.2, 0.25) is 11.8 Å². The Bertz CT molecular complexity index is 1180. The number of hydrogen-bond acceptors (Lipinski definition) is 4. The highest BCUT2D eigenvalue weighted by molar-refractivity contribution is 14.1. The first-order valence-electron chi connectivity index (χ1n) is 8.28. The maximum Gasteiger partial charge on any atom is 0.265 e. The van der Waals surface area contributed by atoms with Crippen LogP contribution >= 0.6 is 45.5 Å². The monoisotopic (exact) mass is 524 g/mol. The Hall–Kier alpha value is -2.23. The minimum absolute atomic E-state index is 0.0543. The molecule has 0 bridgehead atoms. The Morgan fingerprint density at radius 2 is 1.82 bits per heavy atom. The predicted octanol–water partition coefficient (Wildman–Crippen LogP) is 5.67. The third-order valence-electron chi connectivity index (χ3n) is 4.34. The predicted molar refractivity (Wildman–Crippen MR) is 121 cm³/mol. The number of benzene rings is 2. The second-order valence-corrected chi connectivity index (χ2v) is 9.11. The van der Waals surface area contributed by atoms with Gasteiger partial charge in [-0.25, -0.2) is 0 Å². The second-order valence-electron chi connectivity index (χ2n) is 6.15. The molecule has 0 radical (unpaired) electrons. The number of nitrogens with zero attached hydrogens (tertiary/aromatic N) is 1. The number of amides is 1. The molecule has 0 saturated heterocycles. The molecule has 28 heavy (non-hydrogen) atoms. The summed E-state index contributed by atoms with van der Waals surface area (Å²) in [5.41, 5.74) is 1.35. The van der Waals surface area contributed by atoms with Gasteiger partial charge in [0.25, 0.3) is 5.91 Å². The van der Waals surface area contributed by atoms with Crippen molar-refractivity contribution in [1.82, 2.24) is 4.57 Å². The molecule has 8 heteroatoms. The van der Waals surface area contributed by atoms with Crippen molar-refractivity contribution in [3.63, 3.8) is 0 Å². The first-order valence-corrected chi connectivity index (χ1v) is 10.6. The Morgan fingerprint density at radius 1 is 1.07 bits per heavy atom. The molecule has 0 aliphatic heterocycles. The molecule has 1 amide bonds. The minimum atomic E-state index is -0.325. The summed E-state index contributed by atoms with van der Waals surface area (Å²) in [6.07, 6.45) is 0. The van der Waals surface area contributed by atoms with Crippen molar-refractivity contribution in [3.05, 3.63) is 72.9 Å². The summed E-state index contributed by atoms with van der Waals surface area (Å²) in [6.45, 7) is 0.303. The van der Waals surface area contributed by atoms with Crippen LogP contribution in [0, 0.1) is 3.57 Å². The zero-order valence-electron chi connectivity index (χ0n) is 14.3. The summed E-state index contributed by atoms with van der Waals surface area (Å²) in [5.74, 6) is -0.485. The molecular weight excluding hydrogens is 511 g/mol. The van der Waals surface area contributed by atoms with Crippen molar-refractivity contribution in [2.45, 2.75) is 6.54 Å². The number of nitrogens with one attached hydrogen (secondary N) is 1. The van der Waals surface area contributed by atoms with Gasteiger partial charge in [0.15, 0.2) is 0 Å². The van der Waals surface area contributed by atoms with Crippen LogP contribution < -0.4 is 5.32 Å². The molecule has 2 aromatic heterocycles. The SMILES string of the molecule is O=C(Nc1cccc2c(O)n(Cc3ccc(I)cc3)c(O)c12)c1ccc(Cl)s1. The van der Waals surface area contributed by atoms with Gasteiger partial charge in [0.1, 0.15) is 0 Å². The van der Waals surface area contributed by atoms with Crippen LogP contribution in [0.2, 0.25) is 4.34 Å². The smallest absolute Gasteiger partial charge is 0.265 e. The van der Waals surface area contributed by atoms with Crippen molar-refractivity contribution < 1.29 is 15.0 Å². The van der Waals surface area contributed by atoms with E-state index in [4.69, 9.17) is 11.6 Å². The molecule has 0 fully saturated rings. The number of thiophene rings is 1. The van der Waals surface area contributed by atoms with Crippen molar-refractivity contribution in [2.24, 2.45) is 0 Å². The summed E-state index contributed by atoms with van der Waals surface area (Å²) >= 11 is 9.29. The zero-order chi connectivity index (χ0) is 19.8. The summed E-state index contributed by atoms with van der Waals surface area (Å²) in [6, 6.07) is 16.2. The highest BCUT2D eigenvalue weighted by Gasteiger charge is 2.20. The van der Waals surface area contributed by atoms with E-state index in [2.05, 4.69) is 27.9 Å². The van der Waals surface area contributed by atoms with Gasteiger partial charge >= 0.3 is 0 Å². The van der Waals surface area contributed by atoms with E-state index in [0.29, 0.717) is 32.2 Å². The third-order valence-corrected chi connectivity index (χ3v) is 6.29. The van der Waals surface area contributed by atoms with Crippen molar-refractivity contribution in [2.75, 3.05) is 5.32 Å². The summed E-state index contributed by atoms with van der Waals surface area (Å²) in [7, 11) is 0. The molecule has 0 atom stereocenters. The lowest BCUT2D eigenvalue weighted by atomic mass is 10.2. The van der Waals surface area contributed by atoms with Crippen LogP contribution in [0.4, 0.5) is 5.69 Å². The lowest BCUT2D eigenvalue weighted by Crippen LogP contribution is -2.10. The van der Waals surface area contributed by atoms with Crippen LogP contribution in [0.15, 0.2) is 54.6 Å². The number of aromatic nitrogens is 1. The maximum absolute atomic E-state index is 12.5. The Morgan fingerprint density at radius 3 is 2.50 bits per heavy atom. The van der Waals surface area contributed by atoms with Crippen LogP contribution in [0.25, 0.3) is 10.8 Å². The van der Waals surface area contributed by atoms with Crippen LogP contribution in [0.5, 0.6) is 11.8 Å². The van der Waals surface area contributed by atoms with Crippen LogP contribution in [-0.4, -0.2) is 20.7 Å². The van der Waals surface area contributed by atoms with E-state index in [-0.39, 0.29) is 17.7 Å². The average molecular weight is 525 g/mol. The molecule has 142 valence electrons. The fourth-order valence-electron chi connectivity index (χ4n) is 3.01. The van der Waals surface area contributed by atoms with E-state index in [1.54, 1.807) is 30.3 Å². The topological polar surface area (TPSA) is 74.5 Å². The van der Waals surface area contributed by atoms with Gasteiger partial charge in [0, 0.05) is 8.96 Å². The number of anilines is 1. The molecule has 4 rings (SSSR count). The highest BCUT2D eigenvalue weighted by atomic mass is 127. The lowest BCUT2D eigenvalue weighted by molar-refractivity contribution is 0.103. The fourth-order valence-corrected chi connectivity index (χ4v) is 4.30. The molecule has 0 unspecified atom stereocenters. The summed E-state index contributed by atoms with van der Waals surface area (Å²) in [5, 5.41) is 25.1. The third kappa shape index (κ3) is 3.57. The zero-order valence-corrected chi connectivity index (χ0v) is 18.0. The van der Waals surface area contributed by atoms with Crippen LogP contribution in [0.3, 0.4) is 0 Å². The van der Waals surface area contributed by atoms with E-state index in [0.717, 1.165) is 9.13 Å². The quantitative estimate of drug-likeness (QED) is 0.301. The minimum Gasteiger partial charge on any atom is -0.494 e. The van der Waals surface area contributed by atoms with Gasteiger partial charge in [-0.3, -0.25) is 9.36 Å². The van der Waals surface area contributed by atoms with Gasteiger partial charge in [-0.15, -0.1) is 11.3 Å². The van der Waals surface area contributed by atoms with Crippen LogP contribution in [0.1, 0.15) is 15.2 Å². The fraction of sp³-hybridized carbons (Fsp3) is 0.0500. The van der Waals surface area contributed by atoms with Gasteiger partial charge in [-0.05, 0) is 64.6 Å². The first-order chi connectivity index (χ1) is 13.4. The van der Waals surface area contributed by atoms with E-state index < -0.39 is 0 Å². The maximum atomic E-state index is 12.5. The van der Waals surface area contributed by atoms with E-state index in [1.165, 1.54) is 15.9 Å². The summed E-state index contributed by atoms with van der Waals surface area (Å²) < 4.78 is 3.04. The van der Waals surface area contributed by atoms with Crippen LogP contribution in [-0.2, 0) is 6.54 Å². The number of rotatable bonds is 4. The molecule has 0 aliphatic carbocycles. The van der Waals surface area contributed by atoms with Gasteiger partial charge in [-0.1, -0.05) is 29.8 Å². The lowest BCUT2D eigenvalue weighted by Gasteiger charge is -2.08. The number of halogens is 2. The molecule has 2 aromatic carbocycles. The Kier molecular flexibility index (Phi) is 5.22. The second kappa shape index (κ2) is 7.65. The van der Waals surface area contributed by atoms with Crippen molar-refractivity contribution >= 4 is 67.9 Å². The number of carbonyl (C=O) groups is 1. The number of carbonyl (C=O) groups excluding carboxylic acids is 1. The average Bonchev–Trinajstić information content (AvgIpc) is 3.21. The highest BCUT2D eigenvalue weighted by Crippen LogP contribution is 2.41. The Balaban J connectivity index is 1.73. The number of hydrogen-bond donors (Lipinski definition) is 3. The van der Waals surface area contributed by atoms with E-state index >= 15 is 0 Å². The molecule has 2 heterocycles. The Labute approximate surface area is 183 Å². The largest absolute Gasteiger partial charge is 0.494 e. The van der Waals surface area contributed by atoms with Gasteiger partial charge in [0.05, 0.1) is 26.8 Å². The standard InChI is InChI=1S/C20H14ClIN2O3S/c21-16-9-8-15(28-16)18(25)23-14-3-1-2-13-17(14)20(27)24(19(13)26)10-11-4-6-12(22)7-5-11/h1-9,26-27H,10H2,(H,23,25). The van der Waals surface area contributed by atoms with Gasteiger partial charge in [-0.2, -0.15) is 0 Å². The molecule has 0 saturated carbocycles. The molecule has 4 aromatic rings. The number of aromatic hydroxyl groups is 2. The van der Waals surface area contributed by atoms with E-state index in [9.17, 15) is 15.0 Å². The summed E-state index contributed by atoms with van der Waals surface area (Å²) in [4.78, 5) is 12.9. The molecule has 0 aliphatic rings. The van der Waals surface area contributed by atoms with Gasteiger partial charge < -0.3 is 15.5 Å². The molecular formula is C20H14ClIN2O3S. The number of fused-ring (bicyclic) bond motifs is 1. The van der Waals surface area contributed by atoms with E-state index in [1.807, 2.05) is 24.3 Å². The van der Waals surface area contributed by atoms with Crippen molar-refractivity contribution in [3.8, 4) is 11.8 Å².